The van der Waals surface area contributed by atoms with Crippen molar-refractivity contribution in [3.8, 4) is 0 Å². The van der Waals surface area contributed by atoms with Crippen molar-refractivity contribution in [2.24, 2.45) is 4.99 Å². The summed E-state index contributed by atoms with van der Waals surface area (Å²) in [6, 6.07) is 28.3. The van der Waals surface area contributed by atoms with E-state index in [0.29, 0.717) is 18.9 Å². The zero-order chi connectivity index (χ0) is 33.4. The van der Waals surface area contributed by atoms with E-state index in [4.69, 9.17) is 28.7 Å². The van der Waals surface area contributed by atoms with Gasteiger partial charge in [0.1, 0.15) is 37.8 Å². The summed E-state index contributed by atoms with van der Waals surface area (Å²) in [5.41, 5.74) is 3.60. The number of benzene rings is 3. The summed E-state index contributed by atoms with van der Waals surface area (Å²) in [5, 5.41) is 15.6. The minimum absolute atomic E-state index is 0.0663. The lowest BCUT2D eigenvalue weighted by Crippen LogP contribution is -2.71. The zero-order valence-corrected chi connectivity index (χ0v) is 27.8. The summed E-state index contributed by atoms with van der Waals surface area (Å²) >= 11 is 0. The van der Waals surface area contributed by atoms with Crippen molar-refractivity contribution in [1.29, 1.82) is 0 Å². The first-order valence-electron chi connectivity index (χ1n) is 16.1. The Kier molecular flexibility index (Phi) is 11.9. The Morgan fingerprint density at radius 2 is 1.51 bits per heavy atom. The maximum absolute atomic E-state index is 14.0. The fourth-order valence-electron chi connectivity index (χ4n) is 6.41. The van der Waals surface area contributed by atoms with E-state index in [1.54, 1.807) is 14.2 Å². The fraction of sp³-hybridized carbons (Fsp3) is 0.459. The molecule has 0 unspecified atom stereocenters. The van der Waals surface area contributed by atoms with E-state index < -0.39 is 42.3 Å². The molecule has 2 N–H and O–H groups in total. The van der Waals surface area contributed by atoms with Crippen LogP contribution in [0.4, 0.5) is 0 Å². The lowest BCUT2D eigenvalue weighted by molar-refractivity contribution is -0.190. The first-order valence-corrected chi connectivity index (χ1v) is 16.1. The largest absolute Gasteiger partial charge is 0.388 e. The Hall–Kier alpha value is -3.48. The maximum atomic E-state index is 14.0. The van der Waals surface area contributed by atoms with Crippen LogP contribution in [-0.4, -0.2) is 105 Å². The minimum atomic E-state index is -1.11. The monoisotopic (exact) mass is 645 g/mol. The number of carbonyl (C=O) groups excluding carboxylic acids is 1. The average molecular weight is 646 g/mol. The van der Waals surface area contributed by atoms with Crippen LogP contribution in [0.15, 0.2) is 96.0 Å². The molecular weight excluding hydrogens is 598 g/mol. The van der Waals surface area contributed by atoms with Crippen LogP contribution in [0.3, 0.4) is 0 Å². The summed E-state index contributed by atoms with van der Waals surface area (Å²) in [6.45, 7) is 6.26. The average Bonchev–Trinajstić information content (AvgIpc) is 3.42. The Morgan fingerprint density at radius 3 is 2.11 bits per heavy atom. The van der Waals surface area contributed by atoms with Gasteiger partial charge in [0.05, 0.1) is 31.0 Å². The second kappa shape index (κ2) is 16.1. The molecule has 0 spiro atoms. The number of aliphatic hydroxyl groups excluding tert-OH is 1. The summed E-state index contributed by atoms with van der Waals surface area (Å²) in [4.78, 5) is 20.3. The van der Waals surface area contributed by atoms with Crippen LogP contribution in [0.1, 0.15) is 43.5 Å². The molecule has 1 saturated carbocycles. The number of likely N-dealkylation sites (N-methyl/N-ethyl adjacent to an activating group) is 1. The van der Waals surface area contributed by atoms with E-state index in [1.807, 2.05) is 92.7 Å². The second-order valence-electron chi connectivity index (χ2n) is 12.4. The van der Waals surface area contributed by atoms with Gasteiger partial charge in [0.15, 0.2) is 5.79 Å². The SMILES string of the molecule is COCCOCO[C@H]1[C@H](N[C@H](C)c2ccccc2)[C@H]2OC(C)(C)O[C@H]2[C@H](O)[C@@H]1N(C)C(=O)CN=C(c1ccccc1)c1ccccc1. The van der Waals surface area contributed by atoms with Gasteiger partial charge in [-0.3, -0.25) is 9.79 Å². The molecular formula is C37H47N3O7. The lowest BCUT2D eigenvalue weighted by atomic mass is 9.80. The van der Waals surface area contributed by atoms with Gasteiger partial charge in [-0.15, -0.1) is 0 Å². The van der Waals surface area contributed by atoms with Gasteiger partial charge in [-0.2, -0.15) is 0 Å². The Bertz CT molecular complexity index is 1400. The number of nitrogens with zero attached hydrogens (tertiary/aromatic N) is 2. The van der Waals surface area contributed by atoms with E-state index in [-0.39, 0.29) is 25.3 Å². The molecule has 0 radical (unpaired) electrons. The molecule has 2 fully saturated rings. The fourth-order valence-corrected chi connectivity index (χ4v) is 6.41. The van der Waals surface area contributed by atoms with Crippen LogP contribution >= 0.6 is 0 Å². The van der Waals surface area contributed by atoms with Crippen LogP contribution in [0.25, 0.3) is 0 Å². The Morgan fingerprint density at radius 1 is 0.936 bits per heavy atom. The number of aliphatic imine (C=N–C) groups is 1. The van der Waals surface area contributed by atoms with E-state index in [1.165, 1.54) is 4.90 Å². The molecule has 7 atom stereocenters. The lowest BCUT2D eigenvalue weighted by Gasteiger charge is -2.49. The molecule has 5 rings (SSSR count). The number of amides is 1. The molecule has 1 amide bonds. The first-order chi connectivity index (χ1) is 22.7. The minimum Gasteiger partial charge on any atom is -0.388 e. The summed E-state index contributed by atoms with van der Waals surface area (Å²) < 4.78 is 29.9. The number of fused-ring (bicyclic) bond motifs is 1. The van der Waals surface area contributed by atoms with Crippen LogP contribution in [-0.2, 0) is 28.5 Å². The van der Waals surface area contributed by atoms with E-state index in [9.17, 15) is 9.90 Å². The van der Waals surface area contributed by atoms with Gasteiger partial charge in [-0.05, 0) is 26.3 Å². The van der Waals surface area contributed by atoms with E-state index >= 15 is 0 Å². The van der Waals surface area contributed by atoms with Crippen molar-refractivity contribution >= 4 is 11.6 Å². The first kappa shape index (κ1) is 34.8. The number of rotatable bonds is 14. The Labute approximate surface area is 277 Å². The molecule has 3 aromatic carbocycles. The molecule has 0 aromatic heterocycles. The maximum Gasteiger partial charge on any atom is 0.244 e. The number of hydrogen-bond acceptors (Lipinski definition) is 9. The third-order valence-corrected chi connectivity index (χ3v) is 8.72. The van der Waals surface area contributed by atoms with E-state index in [2.05, 4.69) is 24.4 Å². The molecule has 10 heteroatoms. The number of carbonyl (C=O) groups is 1. The van der Waals surface area contributed by atoms with Gasteiger partial charge in [-0.1, -0.05) is 91.0 Å². The second-order valence-corrected chi connectivity index (χ2v) is 12.4. The summed E-state index contributed by atoms with van der Waals surface area (Å²) in [7, 11) is 3.28. The standard InChI is InChI=1S/C37H47N3O7/c1-25(26-15-9-6-10-16-26)39-31-34(45-24-44-22-21-43-5)32(33(42)36-35(31)46-37(2,3)47-36)40(4)29(41)23-38-30(27-17-11-7-12-18-27)28-19-13-8-14-20-28/h6-20,25,31-36,39,42H,21-24H2,1-5H3/t25-,31+,32+,33-,34+,35-,36+/m1/s1. The van der Waals surface area contributed by atoms with Crippen molar-refractivity contribution in [1.82, 2.24) is 10.2 Å². The smallest absolute Gasteiger partial charge is 0.244 e. The molecule has 1 aliphatic heterocycles. The van der Waals surface area contributed by atoms with Crippen molar-refractivity contribution in [2.75, 3.05) is 40.7 Å². The molecule has 1 saturated heterocycles. The molecule has 3 aromatic rings. The summed E-state index contributed by atoms with van der Waals surface area (Å²) in [6.07, 6.45) is -3.11. The van der Waals surface area contributed by atoms with Gasteiger partial charge in [0.2, 0.25) is 5.91 Å². The van der Waals surface area contributed by atoms with Crippen LogP contribution in [0.5, 0.6) is 0 Å². The van der Waals surface area contributed by atoms with Crippen LogP contribution < -0.4 is 5.32 Å². The van der Waals surface area contributed by atoms with Crippen molar-refractivity contribution in [3.63, 3.8) is 0 Å². The third kappa shape index (κ3) is 8.52. The predicted octanol–water partition coefficient (Wildman–Crippen LogP) is 3.97. The normalized spacial score (nSPS) is 25.5. The zero-order valence-electron chi connectivity index (χ0n) is 27.8. The van der Waals surface area contributed by atoms with Crippen LogP contribution in [0, 0.1) is 0 Å². The molecule has 252 valence electrons. The van der Waals surface area contributed by atoms with Gasteiger partial charge in [0, 0.05) is 31.3 Å². The number of nitrogens with one attached hydrogen (secondary N) is 1. The predicted molar refractivity (Wildman–Crippen MR) is 179 cm³/mol. The van der Waals surface area contributed by atoms with Gasteiger partial charge in [-0.25, -0.2) is 0 Å². The number of ether oxygens (including phenoxy) is 5. The highest BCUT2D eigenvalue weighted by atomic mass is 16.8. The van der Waals surface area contributed by atoms with Gasteiger partial charge in [0.25, 0.3) is 0 Å². The van der Waals surface area contributed by atoms with Gasteiger partial charge >= 0.3 is 0 Å². The molecule has 1 aliphatic carbocycles. The quantitative estimate of drug-likeness (QED) is 0.154. The Balaban J connectivity index is 1.45. The highest BCUT2D eigenvalue weighted by Crippen LogP contribution is 2.40. The van der Waals surface area contributed by atoms with Gasteiger partial charge < -0.3 is 39.0 Å². The highest BCUT2D eigenvalue weighted by molar-refractivity contribution is 6.13. The van der Waals surface area contributed by atoms with Crippen molar-refractivity contribution in [3.05, 3.63) is 108 Å². The molecule has 47 heavy (non-hydrogen) atoms. The molecule has 0 bridgehead atoms. The van der Waals surface area contributed by atoms with Crippen LogP contribution in [0.2, 0.25) is 0 Å². The molecule has 10 nitrogen and oxygen atoms in total. The van der Waals surface area contributed by atoms with E-state index in [0.717, 1.165) is 16.7 Å². The number of aliphatic hydroxyl groups is 1. The van der Waals surface area contributed by atoms with Crippen molar-refractivity contribution in [2.45, 2.75) is 69.1 Å². The topological polar surface area (TPSA) is 111 Å². The number of methoxy groups -OCH3 is 1. The number of hydrogen-bond donors (Lipinski definition) is 2. The third-order valence-electron chi connectivity index (χ3n) is 8.72. The highest BCUT2D eigenvalue weighted by Gasteiger charge is 2.60. The van der Waals surface area contributed by atoms with Crippen molar-refractivity contribution < 1.29 is 33.6 Å². The molecule has 1 heterocycles. The summed E-state index contributed by atoms with van der Waals surface area (Å²) in [5.74, 6) is -1.23. The molecule has 2 aliphatic rings.